The van der Waals surface area contributed by atoms with Gasteiger partial charge in [-0.3, -0.25) is 0 Å². The molecule has 0 radical (unpaired) electrons. The minimum absolute atomic E-state index is 0.0989. The molecule has 0 saturated carbocycles. The standard InChI is InChI=1S/C6H13NO4/c8-3-6(11)2-7-1-4(9)5(6)10/h4-5,7-11H,1-3H2/t4-,5-,6-/m1/s1. The lowest BCUT2D eigenvalue weighted by atomic mass is 9.90. The van der Waals surface area contributed by atoms with E-state index in [1.807, 2.05) is 0 Å². The predicted octanol–water partition coefficient (Wildman–Crippen LogP) is -2.97. The van der Waals surface area contributed by atoms with E-state index in [0.29, 0.717) is 0 Å². The second-order valence-electron chi connectivity index (χ2n) is 2.90. The first-order chi connectivity index (χ1) is 5.10. The van der Waals surface area contributed by atoms with Crippen molar-refractivity contribution in [3.63, 3.8) is 0 Å². The number of aliphatic hydroxyl groups is 4. The fourth-order valence-corrected chi connectivity index (χ4v) is 1.16. The highest BCUT2D eigenvalue weighted by Crippen LogP contribution is 2.15. The lowest BCUT2D eigenvalue weighted by Crippen LogP contribution is -2.64. The molecular weight excluding hydrogens is 150 g/mol. The molecule has 1 aliphatic heterocycles. The molecule has 0 aromatic carbocycles. The van der Waals surface area contributed by atoms with Crippen LogP contribution in [0.4, 0.5) is 0 Å². The highest BCUT2D eigenvalue weighted by atomic mass is 16.4. The maximum atomic E-state index is 9.40. The Kier molecular flexibility index (Phi) is 2.46. The minimum atomic E-state index is -1.60. The number of piperidine rings is 1. The Bertz CT molecular complexity index is 143. The van der Waals surface area contributed by atoms with Crippen molar-refractivity contribution in [2.45, 2.75) is 17.8 Å². The first kappa shape index (κ1) is 8.89. The molecule has 11 heavy (non-hydrogen) atoms. The predicted molar refractivity (Wildman–Crippen MR) is 36.9 cm³/mol. The van der Waals surface area contributed by atoms with Gasteiger partial charge < -0.3 is 25.7 Å². The molecule has 1 rings (SSSR count). The lowest BCUT2D eigenvalue weighted by molar-refractivity contribution is -0.158. The minimum Gasteiger partial charge on any atom is -0.393 e. The van der Waals surface area contributed by atoms with Crippen molar-refractivity contribution in [1.82, 2.24) is 5.32 Å². The van der Waals surface area contributed by atoms with Crippen LogP contribution in [0, 0.1) is 0 Å². The molecule has 1 heterocycles. The smallest absolute Gasteiger partial charge is 0.128 e. The number of hydrogen-bond donors (Lipinski definition) is 5. The largest absolute Gasteiger partial charge is 0.393 e. The van der Waals surface area contributed by atoms with Gasteiger partial charge in [0.2, 0.25) is 0 Å². The van der Waals surface area contributed by atoms with Gasteiger partial charge in [-0.05, 0) is 0 Å². The van der Waals surface area contributed by atoms with Gasteiger partial charge in [0.25, 0.3) is 0 Å². The number of aliphatic hydroxyl groups excluding tert-OH is 3. The summed E-state index contributed by atoms with van der Waals surface area (Å²) < 4.78 is 0. The van der Waals surface area contributed by atoms with Crippen molar-refractivity contribution in [2.24, 2.45) is 0 Å². The van der Waals surface area contributed by atoms with E-state index in [1.165, 1.54) is 0 Å². The fourth-order valence-electron chi connectivity index (χ4n) is 1.16. The molecule has 3 atom stereocenters. The van der Waals surface area contributed by atoms with Crippen LogP contribution in [0.1, 0.15) is 0 Å². The Morgan fingerprint density at radius 1 is 1.45 bits per heavy atom. The maximum Gasteiger partial charge on any atom is 0.128 e. The van der Waals surface area contributed by atoms with E-state index in [-0.39, 0.29) is 13.1 Å². The summed E-state index contributed by atoms with van der Waals surface area (Å²) in [5.74, 6) is 0. The third-order valence-corrected chi connectivity index (χ3v) is 1.97. The quantitative estimate of drug-likeness (QED) is 0.285. The van der Waals surface area contributed by atoms with Crippen LogP contribution < -0.4 is 5.32 Å². The van der Waals surface area contributed by atoms with E-state index < -0.39 is 24.4 Å². The zero-order valence-electron chi connectivity index (χ0n) is 6.06. The summed E-state index contributed by atoms with van der Waals surface area (Å²) in [5, 5.41) is 39.0. The molecular formula is C6H13NO4. The van der Waals surface area contributed by atoms with E-state index in [4.69, 9.17) is 10.2 Å². The van der Waals surface area contributed by atoms with Gasteiger partial charge in [-0.1, -0.05) is 0 Å². The van der Waals surface area contributed by atoms with Crippen molar-refractivity contribution >= 4 is 0 Å². The molecule has 5 nitrogen and oxygen atoms in total. The highest BCUT2D eigenvalue weighted by molar-refractivity contribution is 4.96. The fraction of sp³-hybridized carbons (Fsp3) is 1.00. The highest BCUT2D eigenvalue weighted by Gasteiger charge is 2.42. The first-order valence-electron chi connectivity index (χ1n) is 3.50. The van der Waals surface area contributed by atoms with E-state index >= 15 is 0 Å². The van der Waals surface area contributed by atoms with Gasteiger partial charge in [-0.25, -0.2) is 0 Å². The van der Waals surface area contributed by atoms with Crippen LogP contribution in [0.5, 0.6) is 0 Å². The normalized spacial score (nSPS) is 45.8. The average Bonchev–Trinajstić information content (AvgIpc) is 2.00. The summed E-state index contributed by atoms with van der Waals surface area (Å²) in [4.78, 5) is 0. The summed E-state index contributed by atoms with van der Waals surface area (Å²) in [6, 6.07) is 0. The van der Waals surface area contributed by atoms with Crippen molar-refractivity contribution in [1.29, 1.82) is 0 Å². The molecule has 5 heteroatoms. The third kappa shape index (κ3) is 1.52. The molecule has 0 aromatic rings. The maximum absolute atomic E-state index is 9.40. The van der Waals surface area contributed by atoms with Gasteiger partial charge in [0.05, 0.1) is 12.7 Å². The first-order valence-corrected chi connectivity index (χ1v) is 3.50. The summed E-state index contributed by atoms with van der Waals surface area (Å²) in [6.45, 7) is -0.219. The summed E-state index contributed by atoms with van der Waals surface area (Å²) >= 11 is 0. The molecule has 1 aliphatic rings. The van der Waals surface area contributed by atoms with E-state index in [2.05, 4.69) is 5.32 Å². The summed E-state index contributed by atoms with van der Waals surface area (Å²) in [5.41, 5.74) is -1.60. The van der Waals surface area contributed by atoms with Crippen LogP contribution >= 0.6 is 0 Å². The molecule has 66 valence electrons. The Hall–Kier alpha value is -0.200. The molecule has 5 N–H and O–H groups in total. The van der Waals surface area contributed by atoms with Crippen LogP contribution in [0.15, 0.2) is 0 Å². The molecule has 0 bridgehead atoms. The molecule has 1 saturated heterocycles. The second-order valence-corrected chi connectivity index (χ2v) is 2.90. The van der Waals surface area contributed by atoms with Crippen LogP contribution in [0.3, 0.4) is 0 Å². The van der Waals surface area contributed by atoms with Crippen LogP contribution in [0.2, 0.25) is 0 Å². The molecule has 0 aliphatic carbocycles. The van der Waals surface area contributed by atoms with Gasteiger partial charge in [-0.2, -0.15) is 0 Å². The van der Waals surface area contributed by atoms with Crippen molar-refractivity contribution in [3.8, 4) is 0 Å². The van der Waals surface area contributed by atoms with Crippen LogP contribution in [-0.4, -0.2) is 57.9 Å². The molecule has 0 unspecified atom stereocenters. The van der Waals surface area contributed by atoms with Gasteiger partial charge in [0.1, 0.15) is 11.7 Å². The topological polar surface area (TPSA) is 93.0 Å². The van der Waals surface area contributed by atoms with E-state index in [1.54, 1.807) is 0 Å². The summed E-state index contributed by atoms with van der Waals surface area (Å²) in [6.07, 6.45) is -2.28. The Morgan fingerprint density at radius 2 is 2.09 bits per heavy atom. The van der Waals surface area contributed by atoms with Gasteiger partial charge in [0.15, 0.2) is 0 Å². The van der Waals surface area contributed by atoms with Crippen LogP contribution in [0.25, 0.3) is 0 Å². The molecule has 0 aromatic heterocycles. The lowest BCUT2D eigenvalue weighted by Gasteiger charge is -2.38. The zero-order valence-corrected chi connectivity index (χ0v) is 6.06. The molecule has 0 amide bonds. The second kappa shape index (κ2) is 3.04. The van der Waals surface area contributed by atoms with Crippen LogP contribution in [-0.2, 0) is 0 Å². The SMILES string of the molecule is OC[C@]1(O)CNC[C@@H](O)[C@H]1O. The number of rotatable bonds is 1. The Morgan fingerprint density at radius 3 is 2.55 bits per heavy atom. The van der Waals surface area contributed by atoms with Crippen molar-refractivity contribution in [3.05, 3.63) is 0 Å². The third-order valence-electron chi connectivity index (χ3n) is 1.97. The summed E-state index contributed by atoms with van der Waals surface area (Å²) in [7, 11) is 0. The van der Waals surface area contributed by atoms with E-state index in [0.717, 1.165) is 0 Å². The number of β-amino-alcohol motifs (C(OH)–C–C–N with tert-alkyl or cyclic N) is 2. The van der Waals surface area contributed by atoms with Gasteiger partial charge >= 0.3 is 0 Å². The average molecular weight is 163 g/mol. The Balaban J connectivity index is 2.64. The Labute approximate surface area is 64.3 Å². The van der Waals surface area contributed by atoms with E-state index in [9.17, 15) is 10.2 Å². The molecule has 1 fully saturated rings. The number of hydrogen-bond acceptors (Lipinski definition) is 5. The molecule has 0 spiro atoms. The van der Waals surface area contributed by atoms with Gasteiger partial charge in [-0.15, -0.1) is 0 Å². The number of nitrogens with one attached hydrogen (secondary N) is 1. The van der Waals surface area contributed by atoms with Crippen molar-refractivity contribution in [2.75, 3.05) is 19.7 Å². The zero-order chi connectivity index (χ0) is 8.48. The van der Waals surface area contributed by atoms with Gasteiger partial charge in [0, 0.05) is 13.1 Å². The van der Waals surface area contributed by atoms with Crippen molar-refractivity contribution < 1.29 is 20.4 Å². The monoisotopic (exact) mass is 163 g/mol.